The van der Waals surface area contributed by atoms with Crippen LogP contribution >= 0.6 is 0 Å². The average Bonchev–Trinajstić information content (AvgIpc) is 2.71. The summed E-state index contributed by atoms with van der Waals surface area (Å²) in [6.45, 7) is 3.36. The molecule has 0 bridgehead atoms. The molecule has 14 heavy (non-hydrogen) atoms. The summed E-state index contributed by atoms with van der Waals surface area (Å²) in [5.41, 5.74) is 5.79. The fourth-order valence-corrected chi connectivity index (χ4v) is 1.58. The van der Waals surface area contributed by atoms with Crippen LogP contribution in [0.1, 0.15) is 26.2 Å². The Kier molecular flexibility index (Phi) is 5.40. The lowest BCUT2D eigenvalue weighted by Crippen LogP contribution is -2.40. The summed E-state index contributed by atoms with van der Waals surface area (Å²) in [6, 6.07) is -0.0820. The number of nitrogens with two attached hydrogens (primary N) is 1. The van der Waals surface area contributed by atoms with Gasteiger partial charge in [0.2, 0.25) is 0 Å². The van der Waals surface area contributed by atoms with Gasteiger partial charge in [0.15, 0.2) is 0 Å². The number of ether oxygens (including phenoxy) is 2. The Morgan fingerprint density at radius 3 is 2.93 bits per heavy atom. The number of hydrogen-bond acceptors (Lipinski definition) is 4. The first kappa shape index (κ1) is 11.9. The third kappa shape index (κ3) is 3.53. The second kappa shape index (κ2) is 6.35. The zero-order chi connectivity index (χ0) is 10.4. The lowest BCUT2D eigenvalue weighted by atomic mass is 10.1. The summed E-state index contributed by atoms with van der Waals surface area (Å²) in [5, 5.41) is 9.06. The van der Waals surface area contributed by atoms with Gasteiger partial charge in [0.25, 0.3) is 0 Å². The number of rotatable bonds is 6. The van der Waals surface area contributed by atoms with Crippen molar-refractivity contribution in [3.8, 4) is 0 Å². The van der Waals surface area contributed by atoms with Crippen molar-refractivity contribution in [1.82, 2.24) is 0 Å². The van der Waals surface area contributed by atoms with Crippen molar-refractivity contribution in [2.45, 2.75) is 44.4 Å². The Bertz CT molecular complexity index is 148. The van der Waals surface area contributed by atoms with Gasteiger partial charge in [-0.2, -0.15) is 0 Å². The molecule has 0 amide bonds. The molecule has 1 aliphatic heterocycles. The Labute approximate surface area is 85.4 Å². The molecule has 0 aromatic heterocycles. The van der Waals surface area contributed by atoms with Crippen LogP contribution in [-0.4, -0.2) is 43.2 Å². The van der Waals surface area contributed by atoms with Gasteiger partial charge in [-0.3, -0.25) is 0 Å². The van der Waals surface area contributed by atoms with Gasteiger partial charge < -0.3 is 20.3 Å². The minimum atomic E-state index is -0.246. The van der Waals surface area contributed by atoms with Crippen molar-refractivity contribution in [3.05, 3.63) is 0 Å². The molecule has 0 aliphatic carbocycles. The highest BCUT2D eigenvalue weighted by Gasteiger charge is 2.20. The highest BCUT2D eigenvalue weighted by molar-refractivity contribution is 4.72. The SMILES string of the molecule is CCC(N)C(CO)OCC1CCCO1. The molecule has 1 aliphatic rings. The van der Waals surface area contributed by atoms with E-state index in [4.69, 9.17) is 20.3 Å². The van der Waals surface area contributed by atoms with Gasteiger partial charge in [-0.15, -0.1) is 0 Å². The number of aliphatic hydroxyl groups excluding tert-OH is 1. The third-order valence-corrected chi connectivity index (χ3v) is 2.65. The van der Waals surface area contributed by atoms with Gasteiger partial charge in [0.1, 0.15) is 0 Å². The van der Waals surface area contributed by atoms with E-state index in [0.717, 1.165) is 25.9 Å². The maximum Gasteiger partial charge on any atom is 0.0957 e. The first-order valence-corrected chi connectivity index (χ1v) is 5.37. The van der Waals surface area contributed by atoms with Gasteiger partial charge in [-0.1, -0.05) is 6.92 Å². The van der Waals surface area contributed by atoms with E-state index in [1.807, 2.05) is 6.92 Å². The molecule has 3 N–H and O–H groups in total. The predicted octanol–water partition coefficient (Wildman–Crippen LogP) is 0.280. The van der Waals surface area contributed by atoms with Gasteiger partial charge in [0.05, 0.1) is 25.4 Å². The molecule has 4 heteroatoms. The molecule has 0 spiro atoms. The summed E-state index contributed by atoms with van der Waals surface area (Å²) >= 11 is 0. The second-order valence-electron chi connectivity index (χ2n) is 3.76. The van der Waals surface area contributed by atoms with Crippen molar-refractivity contribution in [3.63, 3.8) is 0 Å². The van der Waals surface area contributed by atoms with E-state index in [0.29, 0.717) is 6.61 Å². The molecule has 0 aromatic rings. The van der Waals surface area contributed by atoms with Crippen LogP contribution in [0.25, 0.3) is 0 Å². The fourth-order valence-electron chi connectivity index (χ4n) is 1.58. The van der Waals surface area contributed by atoms with Crippen LogP contribution in [-0.2, 0) is 9.47 Å². The normalized spacial score (nSPS) is 26.4. The van der Waals surface area contributed by atoms with Crippen LogP contribution in [0.2, 0.25) is 0 Å². The van der Waals surface area contributed by atoms with Crippen LogP contribution in [0.5, 0.6) is 0 Å². The average molecular weight is 203 g/mol. The highest BCUT2D eigenvalue weighted by atomic mass is 16.5. The van der Waals surface area contributed by atoms with E-state index in [9.17, 15) is 0 Å². The lowest BCUT2D eigenvalue weighted by molar-refractivity contribution is -0.0490. The van der Waals surface area contributed by atoms with E-state index < -0.39 is 0 Å². The number of hydrogen-bond donors (Lipinski definition) is 2. The largest absolute Gasteiger partial charge is 0.394 e. The molecule has 1 saturated heterocycles. The first-order valence-electron chi connectivity index (χ1n) is 5.37. The standard InChI is InChI=1S/C10H21NO3/c1-2-9(11)10(6-12)14-7-8-4-3-5-13-8/h8-10,12H,2-7,11H2,1H3. The van der Waals surface area contributed by atoms with Crippen LogP contribution in [0.15, 0.2) is 0 Å². The van der Waals surface area contributed by atoms with Gasteiger partial charge in [-0.25, -0.2) is 0 Å². The van der Waals surface area contributed by atoms with Gasteiger partial charge in [-0.05, 0) is 19.3 Å². The maximum atomic E-state index is 9.06. The monoisotopic (exact) mass is 203 g/mol. The number of aliphatic hydroxyl groups is 1. The minimum absolute atomic E-state index is 0.0122. The van der Waals surface area contributed by atoms with Crippen LogP contribution < -0.4 is 5.73 Å². The second-order valence-corrected chi connectivity index (χ2v) is 3.76. The zero-order valence-electron chi connectivity index (χ0n) is 8.82. The molecule has 1 rings (SSSR count). The smallest absolute Gasteiger partial charge is 0.0957 e. The Hall–Kier alpha value is -0.160. The van der Waals surface area contributed by atoms with E-state index in [1.165, 1.54) is 0 Å². The third-order valence-electron chi connectivity index (χ3n) is 2.65. The Morgan fingerprint density at radius 1 is 1.64 bits per heavy atom. The van der Waals surface area contributed by atoms with Crippen molar-refractivity contribution in [2.24, 2.45) is 5.73 Å². The Morgan fingerprint density at radius 2 is 2.43 bits per heavy atom. The van der Waals surface area contributed by atoms with Crippen molar-refractivity contribution in [1.29, 1.82) is 0 Å². The lowest BCUT2D eigenvalue weighted by Gasteiger charge is -2.22. The van der Waals surface area contributed by atoms with Crippen molar-refractivity contribution in [2.75, 3.05) is 19.8 Å². The molecule has 0 saturated carbocycles. The molecule has 3 unspecified atom stereocenters. The van der Waals surface area contributed by atoms with E-state index in [2.05, 4.69) is 0 Å². The summed E-state index contributed by atoms with van der Waals surface area (Å²) in [6.07, 6.45) is 2.94. The Balaban J connectivity index is 2.19. The van der Waals surface area contributed by atoms with Gasteiger partial charge >= 0.3 is 0 Å². The first-order chi connectivity index (χ1) is 6.77. The minimum Gasteiger partial charge on any atom is -0.394 e. The van der Waals surface area contributed by atoms with Gasteiger partial charge in [0, 0.05) is 12.6 Å². The molecular formula is C10H21NO3. The molecule has 4 nitrogen and oxygen atoms in total. The molecule has 0 radical (unpaired) electrons. The van der Waals surface area contributed by atoms with E-state index in [1.54, 1.807) is 0 Å². The molecule has 0 aromatic carbocycles. The van der Waals surface area contributed by atoms with Crippen molar-refractivity contribution >= 4 is 0 Å². The van der Waals surface area contributed by atoms with E-state index in [-0.39, 0.29) is 24.9 Å². The molecule has 1 fully saturated rings. The van der Waals surface area contributed by atoms with Crippen LogP contribution in [0.3, 0.4) is 0 Å². The molecule has 84 valence electrons. The predicted molar refractivity (Wildman–Crippen MR) is 54.1 cm³/mol. The highest BCUT2D eigenvalue weighted by Crippen LogP contribution is 2.13. The van der Waals surface area contributed by atoms with Crippen LogP contribution in [0, 0.1) is 0 Å². The van der Waals surface area contributed by atoms with E-state index >= 15 is 0 Å². The zero-order valence-corrected chi connectivity index (χ0v) is 8.82. The fraction of sp³-hybridized carbons (Fsp3) is 1.00. The summed E-state index contributed by atoms with van der Waals surface area (Å²) in [5.74, 6) is 0. The molecular weight excluding hydrogens is 182 g/mol. The quantitative estimate of drug-likeness (QED) is 0.651. The summed E-state index contributed by atoms with van der Waals surface area (Å²) < 4.78 is 10.9. The molecule has 1 heterocycles. The van der Waals surface area contributed by atoms with Crippen LogP contribution in [0.4, 0.5) is 0 Å². The summed E-state index contributed by atoms with van der Waals surface area (Å²) in [4.78, 5) is 0. The topological polar surface area (TPSA) is 64.7 Å². The maximum absolute atomic E-state index is 9.06. The van der Waals surface area contributed by atoms with Crippen molar-refractivity contribution < 1.29 is 14.6 Å². The molecule has 3 atom stereocenters. The summed E-state index contributed by atoms with van der Waals surface area (Å²) in [7, 11) is 0.